The average molecular weight is 983 g/mol. The number of carbonyl (C=O) groups is 2. The Bertz CT molecular complexity index is 1940. The summed E-state index contributed by atoms with van der Waals surface area (Å²) in [4.78, 5) is 25.3. The fourth-order valence-electron chi connectivity index (χ4n) is 16.2. The van der Waals surface area contributed by atoms with Crippen molar-refractivity contribution in [3.63, 3.8) is 0 Å². The van der Waals surface area contributed by atoms with Gasteiger partial charge in [0, 0.05) is 38.0 Å². The molecule has 19 nitrogen and oxygen atoms in total. The van der Waals surface area contributed by atoms with Crippen molar-refractivity contribution in [3.05, 3.63) is 11.6 Å². The van der Waals surface area contributed by atoms with Crippen LogP contribution in [0.5, 0.6) is 0 Å². The van der Waals surface area contributed by atoms with Gasteiger partial charge in [-0.05, 0) is 93.3 Å². The summed E-state index contributed by atoms with van der Waals surface area (Å²) in [6.07, 6.45) is -12.0. The van der Waals surface area contributed by atoms with Crippen LogP contribution in [0.15, 0.2) is 11.6 Å². The zero-order chi connectivity index (χ0) is 50.0. The summed E-state index contributed by atoms with van der Waals surface area (Å²) >= 11 is 0. The molecule has 5 heterocycles. The van der Waals surface area contributed by atoms with Crippen LogP contribution in [-0.4, -0.2) is 178 Å². The van der Waals surface area contributed by atoms with Crippen molar-refractivity contribution in [1.29, 1.82) is 0 Å². The number of aliphatic hydroxyl groups is 7. The first-order valence-electron chi connectivity index (χ1n) is 25.2. The Hall–Kier alpha value is -1.92. The van der Waals surface area contributed by atoms with Crippen molar-refractivity contribution in [3.8, 4) is 0 Å². The summed E-state index contributed by atoms with van der Waals surface area (Å²) in [7, 11) is 0. The topological polar surface area (TPSA) is 268 Å². The third-order valence-corrected chi connectivity index (χ3v) is 18.9. The lowest BCUT2D eigenvalue weighted by Gasteiger charge is -2.70. The second-order valence-corrected chi connectivity index (χ2v) is 23.7. The van der Waals surface area contributed by atoms with Crippen LogP contribution in [-0.2, 0) is 57.0 Å². The van der Waals surface area contributed by atoms with Gasteiger partial charge in [-0.2, -0.15) is 0 Å². The van der Waals surface area contributed by atoms with E-state index in [4.69, 9.17) is 47.4 Å². The van der Waals surface area contributed by atoms with Gasteiger partial charge in [0.05, 0.1) is 44.2 Å². The Morgan fingerprint density at radius 2 is 1.38 bits per heavy atom. The number of allylic oxidation sites excluding steroid dienone is 1. The third kappa shape index (κ3) is 8.46. The standard InChI is InChI=1S/C50H78O19/c1-23(2)16-26-17-48(9,59)41-27-10-11-32-46(7)14-13-33(45(5,6)31(46)12-15-47(32,8)49(27)21-50(41,69-26)62-22-49)66-43-39(64-25(4)53)37(29(55)20-61-43)67-44-40(68-42-36(58)34(56)28(54)19-60-42)38(63-24(3)52)35(57)30(18-51)65-44/h16,26-44,51,54-59H,10-15,17-22H2,1-9H3/t26?,27-,28-,29+,30-,31?,32-,33?,34+,35-,36-,37+,38+,39-,40-,41?,42+,43+,44+,46+,47-,48+,49+,50+/m1/s1. The molecule has 2 bridgehead atoms. The molecule has 5 aliphatic heterocycles. The van der Waals surface area contributed by atoms with Crippen LogP contribution in [0.3, 0.4) is 0 Å². The van der Waals surface area contributed by atoms with E-state index < -0.39 is 128 Å². The van der Waals surface area contributed by atoms with E-state index in [1.54, 1.807) is 0 Å². The number of hydrogen-bond acceptors (Lipinski definition) is 19. The number of carbonyl (C=O) groups excluding carboxylic acids is 2. The van der Waals surface area contributed by atoms with Crippen LogP contribution in [0.1, 0.15) is 114 Å². The van der Waals surface area contributed by atoms with Crippen LogP contribution in [0, 0.1) is 45.3 Å². The molecule has 0 aromatic carbocycles. The Morgan fingerprint density at radius 1 is 0.710 bits per heavy atom. The van der Waals surface area contributed by atoms with Crippen molar-refractivity contribution >= 4 is 11.9 Å². The molecule has 0 aromatic rings. The fourth-order valence-corrected chi connectivity index (χ4v) is 16.2. The Kier molecular flexibility index (Phi) is 13.9. The molecular formula is C50H78O19. The quantitative estimate of drug-likeness (QED) is 0.0934. The maximum atomic E-state index is 12.9. The van der Waals surface area contributed by atoms with E-state index in [0.717, 1.165) is 51.0 Å². The number of fused-ring (bicyclic) bond motifs is 4. The smallest absolute Gasteiger partial charge is 0.303 e. The van der Waals surface area contributed by atoms with Crippen LogP contribution in [0.4, 0.5) is 0 Å². The highest BCUT2D eigenvalue weighted by molar-refractivity contribution is 5.66. The summed E-state index contributed by atoms with van der Waals surface area (Å²) in [5.74, 6) is -1.65. The van der Waals surface area contributed by atoms with Gasteiger partial charge in [-0.3, -0.25) is 9.59 Å². The van der Waals surface area contributed by atoms with E-state index in [-0.39, 0.29) is 46.7 Å². The summed E-state index contributed by atoms with van der Waals surface area (Å²) in [5.41, 5.74) is -0.513. The molecule has 4 saturated carbocycles. The van der Waals surface area contributed by atoms with E-state index >= 15 is 0 Å². The zero-order valence-electron chi connectivity index (χ0n) is 41.6. The Balaban J connectivity index is 0.953. The number of ether oxygens (including phenoxy) is 10. The van der Waals surface area contributed by atoms with Crippen molar-refractivity contribution in [2.45, 2.75) is 217 Å². The lowest BCUT2D eigenvalue weighted by molar-refractivity contribution is -0.381. The van der Waals surface area contributed by atoms with Gasteiger partial charge in [0.1, 0.15) is 42.7 Å². The van der Waals surface area contributed by atoms with Gasteiger partial charge in [0.2, 0.25) is 0 Å². The first-order chi connectivity index (χ1) is 32.3. The van der Waals surface area contributed by atoms with Crippen molar-refractivity contribution < 1.29 is 92.7 Å². The minimum Gasteiger partial charge on any atom is -0.457 e. The van der Waals surface area contributed by atoms with E-state index in [1.807, 2.05) is 6.92 Å². The lowest BCUT2D eigenvalue weighted by atomic mass is 9.35. The van der Waals surface area contributed by atoms with Gasteiger partial charge in [-0.1, -0.05) is 39.3 Å². The normalized spacial score (nSPS) is 53.2. The lowest BCUT2D eigenvalue weighted by Crippen LogP contribution is -2.68. The maximum absolute atomic E-state index is 12.9. The predicted molar refractivity (Wildman–Crippen MR) is 238 cm³/mol. The zero-order valence-corrected chi connectivity index (χ0v) is 41.6. The third-order valence-electron chi connectivity index (χ3n) is 18.9. The summed E-state index contributed by atoms with van der Waals surface area (Å²) in [6.45, 7) is 16.9. The van der Waals surface area contributed by atoms with E-state index in [1.165, 1.54) is 6.92 Å². The van der Waals surface area contributed by atoms with Gasteiger partial charge in [0.15, 0.2) is 43.0 Å². The molecular weight excluding hydrogens is 905 g/mol. The SMILES string of the molecule is CC(=O)O[C@H]1[C@H](OC2CC[C@@]3(C)C(CC[C@]4(C)[C@@H]3CC[C@@H]3C5[C@]6(C[C@]34CO6)OC(C=C(C)C)C[C@]5(C)O)C2(C)C)OC[C@H](O)[C@@H]1O[C@@H]1O[C@H](CO)[C@@H](O)[C@H](OC(C)=O)[C@H]1O[C@@H]1OC[C@@H](O)[C@H](O)[C@H]1O. The monoisotopic (exact) mass is 983 g/mol. The molecule has 9 rings (SSSR count). The van der Waals surface area contributed by atoms with Crippen molar-refractivity contribution in [2.75, 3.05) is 26.4 Å². The molecule has 0 radical (unpaired) electrons. The van der Waals surface area contributed by atoms with E-state index in [9.17, 15) is 45.3 Å². The Labute approximate surface area is 404 Å². The molecule has 7 N–H and O–H groups in total. The van der Waals surface area contributed by atoms with Gasteiger partial charge in [0.25, 0.3) is 0 Å². The molecule has 5 saturated heterocycles. The first-order valence-corrected chi connectivity index (χ1v) is 25.2. The molecule has 9 fully saturated rings. The highest BCUT2D eigenvalue weighted by Crippen LogP contribution is 2.80. The largest absolute Gasteiger partial charge is 0.457 e. The van der Waals surface area contributed by atoms with Crippen molar-refractivity contribution in [2.24, 2.45) is 45.3 Å². The second-order valence-electron chi connectivity index (χ2n) is 23.7. The second kappa shape index (κ2) is 18.5. The van der Waals surface area contributed by atoms with Crippen LogP contribution in [0.2, 0.25) is 0 Å². The highest BCUT2D eigenvalue weighted by atomic mass is 16.8. The number of rotatable bonds is 10. The van der Waals surface area contributed by atoms with Gasteiger partial charge >= 0.3 is 11.9 Å². The number of esters is 2. The number of hydrogen-bond donors (Lipinski definition) is 7. The van der Waals surface area contributed by atoms with Crippen molar-refractivity contribution in [1.82, 2.24) is 0 Å². The van der Waals surface area contributed by atoms with E-state index in [0.29, 0.717) is 25.4 Å². The molecule has 24 atom stereocenters. The minimum absolute atomic E-state index is 0.0740. The van der Waals surface area contributed by atoms with Crippen LogP contribution in [0.25, 0.3) is 0 Å². The average Bonchev–Trinajstić information content (AvgIpc) is 3.78. The highest BCUT2D eigenvalue weighted by Gasteiger charge is 2.81. The van der Waals surface area contributed by atoms with Gasteiger partial charge in [-0.25, -0.2) is 0 Å². The summed E-state index contributed by atoms with van der Waals surface area (Å²) in [5, 5.41) is 76.6. The molecule has 19 heteroatoms. The molecule has 4 aliphatic carbocycles. The fraction of sp³-hybridized carbons (Fsp3) is 0.920. The molecule has 392 valence electrons. The van der Waals surface area contributed by atoms with Gasteiger partial charge in [-0.15, -0.1) is 0 Å². The Morgan fingerprint density at radius 3 is 2.06 bits per heavy atom. The molecule has 9 aliphatic rings. The first kappa shape index (κ1) is 52.0. The molecule has 2 spiro atoms. The van der Waals surface area contributed by atoms with Gasteiger partial charge < -0.3 is 83.1 Å². The van der Waals surface area contributed by atoms with E-state index in [2.05, 4.69) is 47.6 Å². The minimum atomic E-state index is -1.81. The summed E-state index contributed by atoms with van der Waals surface area (Å²) < 4.78 is 62.2. The maximum Gasteiger partial charge on any atom is 0.303 e. The molecule has 69 heavy (non-hydrogen) atoms. The molecule has 4 unspecified atom stereocenters. The van der Waals surface area contributed by atoms with Crippen LogP contribution >= 0.6 is 0 Å². The predicted octanol–water partition coefficient (Wildman–Crippen LogP) is 1.75. The van der Waals surface area contributed by atoms with Crippen LogP contribution < -0.4 is 0 Å². The molecule has 0 amide bonds. The molecule has 0 aromatic heterocycles. The number of aliphatic hydroxyl groups excluding tert-OH is 6. The summed E-state index contributed by atoms with van der Waals surface area (Å²) in [6, 6.07) is 0.